The lowest BCUT2D eigenvalue weighted by Crippen LogP contribution is -2.23. The van der Waals surface area contributed by atoms with Gasteiger partial charge < -0.3 is 14.8 Å². The number of alkyl halides is 2. The summed E-state index contributed by atoms with van der Waals surface area (Å²) in [5, 5.41) is 3.35. The summed E-state index contributed by atoms with van der Waals surface area (Å²) in [6.45, 7) is -1.96. The Morgan fingerprint density at radius 1 is 1.41 bits per heavy atom. The third-order valence-electron chi connectivity index (χ3n) is 3.51. The Labute approximate surface area is 125 Å². The molecule has 116 valence electrons. The number of amides is 1. The van der Waals surface area contributed by atoms with Crippen LogP contribution in [0.5, 0.6) is 5.75 Å². The van der Waals surface area contributed by atoms with Gasteiger partial charge in [0.15, 0.2) is 5.75 Å². The Balaban J connectivity index is 1.91. The zero-order chi connectivity index (χ0) is 15.5. The summed E-state index contributed by atoms with van der Waals surface area (Å²) in [6.07, 6.45) is 2.16. The molecule has 5 nitrogen and oxygen atoms in total. The van der Waals surface area contributed by atoms with Crippen molar-refractivity contribution in [2.24, 2.45) is 5.92 Å². The fraction of sp³-hybridized carbons (Fsp3) is 0.333. The number of nitrogens with zero attached hydrogens (tertiary/aromatic N) is 1. The lowest BCUT2D eigenvalue weighted by Gasteiger charge is -2.13. The summed E-state index contributed by atoms with van der Waals surface area (Å²) >= 11 is 0. The Morgan fingerprint density at radius 3 is 3.00 bits per heavy atom. The van der Waals surface area contributed by atoms with E-state index in [9.17, 15) is 13.6 Å². The average molecular weight is 308 g/mol. The van der Waals surface area contributed by atoms with E-state index in [0.29, 0.717) is 30.7 Å². The van der Waals surface area contributed by atoms with E-state index in [-0.39, 0.29) is 23.1 Å². The molecule has 0 radical (unpaired) electrons. The smallest absolute Gasteiger partial charge is 0.387 e. The molecule has 1 N–H and O–H groups in total. The minimum Gasteiger partial charge on any atom is -0.432 e. The van der Waals surface area contributed by atoms with Crippen molar-refractivity contribution in [2.75, 3.05) is 18.5 Å². The highest BCUT2D eigenvalue weighted by atomic mass is 19.3. The van der Waals surface area contributed by atoms with Crippen LogP contribution in [0, 0.1) is 5.92 Å². The normalized spacial score (nSPS) is 17.9. The predicted molar refractivity (Wildman–Crippen MR) is 75.9 cm³/mol. The molecule has 0 bridgehead atoms. The van der Waals surface area contributed by atoms with E-state index in [1.54, 1.807) is 12.1 Å². The van der Waals surface area contributed by atoms with E-state index in [1.165, 1.54) is 18.3 Å². The zero-order valence-electron chi connectivity index (χ0n) is 11.6. The van der Waals surface area contributed by atoms with E-state index < -0.39 is 6.61 Å². The topological polar surface area (TPSA) is 60.5 Å². The molecule has 1 aromatic carbocycles. The number of hydrogen-bond acceptors (Lipinski definition) is 4. The van der Waals surface area contributed by atoms with Crippen LogP contribution in [-0.2, 0) is 9.53 Å². The maximum atomic E-state index is 12.4. The van der Waals surface area contributed by atoms with Gasteiger partial charge in [-0.1, -0.05) is 0 Å². The third-order valence-corrected chi connectivity index (χ3v) is 3.51. The van der Waals surface area contributed by atoms with Crippen LogP contribution in [0.2, 0.25) is 0 Å². The molecular formula is C15H14F2N2O3. The van der Waals surface area contributed by atoms with Gasteiger partial charge in [-0.15, -0.1) is 0 Å². The van der Waals surface area contributed by atoms with E-state index >= 15 is 0 Å². The number of benzene rings is 1. The van der Waals surface area contributed by atoms with E-state index in [0.717, 1.165) is 0 Å². The van der Waals surface area contributed by atoms with Gasteiger partial charge in [0.2, 0.25) is 5.91 Å². The number of aromatic nitrogens is 1. The fourth-order valence-electron chi connectivity index (χ4n) is 2.42. The summed E-state index contributed by atoms with van der Waals surface area (Å²) in [5.74, 6) is -0.360. The summed E-state index contributed by atoms with van der Waals surface area (Å²) in [4.78, 5) is 16.2. The Kier molecular flexibility index (Phi) is 4.15. The fourth-order valence-corrected chi connectivity index (χ4v) is 2.42. The van der Waals surface area contributed by atoms with Crippen LogP contribution in [0.1, 0.15) is 6.42 Å². The maximum Gasteiger partial charge on any atom is 0.387 e. The lowest BCUT2D eigenvalue weighted by molar-refractivity contribution is -0.119. The molecule has 2 aromatic rings. The largest absolute Gasteiger partial charge is 0.432 e. The van der Waals surface area contributed by atoms with Gasteiger partial charge in [0, 0.05) is 18.2 Å². The average Bonchev–Trinajstić information content (AvgIpc) is 3.04. The van der Waals surface area contributed by atoms with Gasteiger partial charge in [-0.25, -0.2) is 0 Å². The molecule has 3 rings (SSSR count). The molecule has 1 aliphatic rings. The van der Waals surface area contributed by atoms with Gasteiger partial charge in [-0.05, 0) is 30.7 Å². The van der Waals surface area contributed by atoms with E-state index in [1.807, 2.05) is 0 Å². The molecule has 1 fully saturated rings. The Hall–Kier alpha value is -2.28. The standard InChI is InChI=1S/C15H14F2N2O3/c16-15(17)22-12-4-3-11(10-2-1-6-18-13(10)12)19-14(20)9-5-7-21-8-9/h1-4,6,9,15H,5,7-8H2,(H,19,20). The molecule has 7 heteroatoms. The quantitative estimate of drug-likeness (QED) is 0.943. The first-order valence-electron chi connectivity index (χ1n) is 6.86. The first-order chi connectivity index (χ1) is 10.6. The number of pyridine rings is 1. The number of rotatable bonds is 4. The van der Waals surface area contributed by atoms with Gasteiger partial charge in [-0.3, -0.25) is 9.78 Å². The van der Waals surface area contributed by atoms with Crippen molar-refractivity contribution in [1.82, 2.24) is 4.98 Å². The van der Waals surface area contributed by atoms with Crippen LogP contribution in [0.25, 0.3) is 10.9 Å². The van der Waals surface area contributed by atoms with Crippen molar-refractivity contribution < 1.29 is 23.0 Å². The van der Waals surface area contributed by atoms with Crippen LogP contribution >= 0.6 is 0 Å². The van der Waals surface area contributed by atoms with Crippen LogP contribution in [-0.4, -0.2) is 30.7 Å². The summed E-state index contributed by atoms with van der Waals surface area (Å²) in [7, 11) is 0. The van der Waals surface area contributed by atoms with Crippen LogP contribution in [0.3, 0.4) is 0 Å². The minimum atomic E-state index is -2.93. The number of fused-ring (bicyclic) bond motifs is 1. The van der Waals surface area contributed by atoms with Gasteiger partial charge in [-0.2, -0.15) is 8.78 Å². The summed E-state index contributed by atoms with van der Waals surface area (Å²) < 4.78 is 34.5. The number of hydrogen-bond donors (Lipinski definition) is 1. The Morgan fingerprint density at radius 2 is 2.27 bits per heavy atom. The van der Waals surface area contributed by atoms with Crippen molar-refractivity contribution in [1.29, 1.82) is 0 Å². The first-order valence-corrected chi connectivity index (χ1v) is 6.86. The van der Waals surface area contributed by atoms with Crippen molar-refractivity contribution in [3.8, 4) is 5.75 Å². The van der Waals surface area contributed by atoms with Crippen LogP contribution in [0.15, 0.2) is 30.5 Å². The SMILES string of the molecule is O=C(Nc1ccc(OC(F)F)c2ncccc12)C1CCOC1. The third kappa shape index (κ3) is 2.99. The van der Waals surface area contributed by atoms with E-state index in [4.69, 9.17) is 4.74 Å². The van der Waals surface area contributed by atoms with Gasteiger partial charge in [0.25, 0.3) is 0 Å². The second kappa shape index (κ2) is 6.23. The summed E-state index contributed by atoms with van der Waals surface area (Å²) in [5.41, 5.74) is 0.796. The minimum absolute atomic E-state index is 0.0206. The first kappa shape index (κ1) is 14.6. The second-order valence-corrected chi connectivity index (χ2v) is 4.94. The second-order valence-electron chi connectivity index (χ2n) is 4.94. The highest BCUT2D eigenvalue weighted by Gasteiger charge is 2.24. The number of nitrogens with one attached hydrogen (secondary N) is 1. The number of ether oxygens (including phenoxy) is 2. The molecule has 0 aliphatic carbocycles. The number of halogens is 2. The van der Waals surface area contributed by atoms with Gasteiger partial charge in [0.05, 0.1) is 18.2 Å². The van der Waals surface area contributed by atoms with Crippen molar-refractivity contribution >= 4 is 22.5 Å². The van der Waals surface area contributed by atoms with Crippen molar-refractivity contribution in [3.63, 3.8) is 0 Å². The monoisotopic (exact) mass is 308 g/mol. The summed E-state index contributed by atoms with van der Waals surface area (Å²) in [6, 6.07) is 6.28. The number of carbonyl (C=O) groups is 1. The van der Waals surface area contributed by atoms with Crippen molar-refractivity contribution in [2.45, 2.75) is 13.0 Å². The maximum absolute atomic E-state index is 12.4. The molecule has 1 saturated heterocycles. The van der Waals surface area contributed by atoms with Gasteiger partial charge in [0.1, 0.15) is 5.52 Å². The van der Waals surface area contributed by atoms with Crippen LogP contribution < -0.4 is 10.1 Å². The highest BCUT2D eigenvalue weighted by Crippen LogP contribution is 2.31. The molecule has 1 aromatic heterocycles. The van der Waals surface area contributed by atoms with Gasteiger partial charge >= 0.3 is 6.61 Å². The van der Waals surface area contributed by atoms with Crippen molar-refractivity contribution in [3.05, 3.63) is 30.5 Å². The molecule has 1 aliphatic heterocycles. The molecular weight excluding hydrogens is 294 g/mol. The lowest BCUT2D eigenvalue weighted by atomic mass is 10.1. The molecule has 22 heavy (non-hydrogen) atoms. The van der Waals surface area contributed by atoms with Crippen LogP contribution in [0.4, 0.5) is 14.5 Å². The molecule has 2 heterocycles. The predicted octanol–water partition coefficient (Wildman–Crippen LogP) is 2.81. The number of carbonyl (C=O) groups excluding carboxylic acids is 1. The zero-order valence-corrected chi connectivity index (χ0v) is 11.6. The Bertz CT molecular complexity index is 688. The molecule has 1 amide bonds. The highest BCUT2D eigenvalue weighted by molar-refractivity contribution is 6.03. The molecule has 1 unspecified atom stereocenters. The number of anilines is 1. The molecule has 1 atom stereocenters. The van der Waals surface area contributed by atoms with E-state index in [2.05, 4.69) is 15.0 Å². The molecule has 0 spiro atoms. The molecule has 0 saturated carbocycles.